The fourth-order valence-corrected chi connectivity index (χ4v) is 1.93. The lowest BCUT2D eigenvalue weighted by Gasteiger charge is -2.23. The second-order valence-electron chi connectivity index (χ2n) is 5.08. The van der Waals surface area contributed by atoms with Crippen LogP contribution in [0.1, 0.15) is 6.42 Å². The molecule has 0 spiro atoms. The SMILES string of the molecule is COC(=O)CN(CCCN(CC(=O)OC)CC(=O)OC)CC(=O)OC. The predicted octanol–water partition coefficient (Wildman–Crippen LogP) is -1.33. The normalized spacial score (nSPS) is 10.5. The van der Waals surface area contributed by atoms with Gasteiger partial charge in [0.2, 0.25) is 0 Å². The number of carbonyl (C=O) groups excluding carboxylic acids is 4. The summed E-state index contributed by atoms with van der Waals surface area (Å²) in [6.45, 7) is 0.449. The van der Waals surface area contributed by atoms with Crippen molar-refractivity contribution in [3.05, 3.63) is 0 Å². The van der Waals surface area contributed by atoms with E-state index in [-0.39, 0.29) is 26.2 Å². The monoisotopic (exact) mass is 362 g/mol. The number of hydrogen-bond acceptors (Lipinski definition) is 10. The summed E-state index contributed by atoms with van der Waals surface area (Å²) >= 11 is 0. The number of carbonyl (C=O) groups is 4. The topological polar surface area (TPSA) is 112 Å². The molecule has 25 heavy (non-hydrogen) atoms. The summed E-state index contributed by atoms with van der Waals surface area (Å²) in [5.41, 5.74) is 0. The van der Waals surface area contributed by atoms with Crippen LogP contribution in [0.15, 0.2) is 0 Å². The van der Waals surface area contributed by atoms with Crippen molar-refractivity contribution in [1.82, 2.24) is 9.80 Å². The molecule has 0 heterocycles. The minimum atomic E-state index is -0.482. The van der Waals surface area contributed by atoms with E-state index in [2.05, 4.69) is 18.9 Å². The Morgan fingerprint density at radius 3 is 1.00 bits per heavy atom. The van der Waals surface area contributed by atoms with Gasteiger partial charge < -0.3 is 18.9 Å². The highest BCUT2D eigenvalue weighted by atomic mass is 16.5. The second kappa shape index (κ2) is 13.1. The quantitative estimate of drug-likeness (QED) is 0.306. The molecule has 0 saturated carbocycles. The van der Waals surface area contributed by atoms with Gasteiger partial charge in [-0.1, -0.05) is 0 Å². The standard InChI is InChI=1S/C15H26N2O8/c1-22-12(18)8-16(9-13(19)23-2)6-5-7-17(10-14(20)24-3)11-15(21)25-4/h5-11H2,1-4H3. The lowest BCUT2D eigenvalue weighted by Crippen LogP contribution is -2.40. The first-order valence-corrected chi connectivity index (χ1v) is 7.58. The van der Waals surface area contributed by atoms with Gasteiger partial charge in [-0.3, -0.25) is 29.0 Å². The average molecular weight is 362 g/mol. The average Bonchev–Trinajstić information content (AvgIpc) is 2.60. The van der Waals surface area contributed by atoms with Crippen molar-refractivity contribution in [3.63, 3.8) is 0 Å². The van der Waals surface area contributed by atoms with Crippen LogP contribution in [0.25, 0.3) is 0 Å². The zero-order chi connectivity index (χ0) is 19.2. The van der Waals surface area contributed by atoms with Crippen molar-refractivity contribution in [2.75, 3.05) is 67.7 Å². The largest absolute Gasteiger partial charge is 0.468 e. The van der Waals surface area contributed by atoms with E-state index in [9.17, 15) is 19.2 Å². The van der Waals surface area contributed by atoms with E-state index < -0.39 is 23.9 Å². The molecule has 0 amide bonds. The Morgan fingerprint density at radius 2 is 0.800 bits per heavy atom. The maximum Gasteiger partial charge on any atom is 0.319 e. The third kappa shape index (κ3) is 11.1. The Hall–Kier alpha value is -2.20. The third-order valence-electron chi connectivity index (χ3n) is 3.27. The van der Waals surface area contributed by atoms with E-state index in [1.165, 1.54) is 28.4 Å². The maximum absolute atomic E-state index is 11.4. The first-order chi connectivity index (χ1) is 11.9. The van der Waals surface area contributed by atoms with Gasteiger partial charge in [-0.25, -0.2) is 0 Å². The summed E-state index contributed by atoms with van der Waals surface area (Å²) < 4.78 is 18.4. The summed E-state index contributed by atoms with van der Waals surface area (Å²) in [7, 11) is 5.03. The zero-order valence-corrected chi connectivity index (χ0v) is 15.1. The van der Waals surface area contributed by atoms with Crippen molar-refractivity contribution < 1.29 is 38.1 Å². The smallest absolute Gasteiger partial charge is 0.319 e. The predicted molar refractivity (Wildman–Crippen MR) is 85.6 cm³/mol. The molecule has 0 radical (unpaired) electrons. The highest BCUT2D eigenvalue weighted by Crippen LogP contribution is 1.99. The van der Waals surface area contributed by atoms with Crippen LogP contribution in [-0.2, 0) is 38.1 Å². The molecule has 0 aromatic heterocycles. The van der Waals surface area contributed by atoms with Crippen LogP contribution in [0.5, 0.6) is 0 Å². The van der Waals surface area contributed by atoms with E-state index in [0.717, 1.165) is 0 Å². The summed E-state index contributed by atoms with van der Waals surface area (Å²) in [4.78, 5) is 48.8. The Labute approximate surface area is 146 Å². The van der Waals surface area contributed by atoms with Crippen LogP contribution in [0, 0.1) is 0 Å². The van der Waals surface area contributed by atoms with Crippen LogP contribution in [-0.4, -0.2) is 101 Å². The van der Waals surface area contributed by atoms with Crippen molar-refractivity contribution in [1.29, 1.82) is 0 Å². The highest BCUT2D eigenvalue weighted by molar-refractivity contribution is 5.75. The van der Waals surface area contributed by atoms with Gasteiger partial charge in [0.25, 0.3) is 0 Å². The number of nitrogens with zero attached hydrogens (tertiary/aromatic N) is 2. The van der Waals surface area contributed by atoms with Gasteiger partial charge in [-0.15, -0.1) is 0 Å². The minimum absolute atomic E-state index is 0.0698. The molecular weight excluding hydrogens is 336 g/mol. The Bertz CT molecular complexity index is 379. The summed E-state index contributed by atoms with van der Waals surface area (Å²) in [6, 6.07) is 0. The fraction of sp³-hybridized carbons (Fsp3) is 0.733. The lowest BCUT2D eigenvalue weighted by atomic mass is 10.3. The highest BCUT2D eigenvalue weighted by Gasteiger charge is 2.18. The first kappa shape index (κ1) is 22.8. The molecule has 0 aromatic carbocycles. The van der Waals surface area contributed by atoms with Crippen LogP contribution in [0.2, 0.25) is 0 Å². The molecule has 0 aliphatic carbocycles. The number of ether oxygens (including phenoxy) is 4. The molecule has 0 aliphatic rings. The first-order valence-electron chi connectivity index (χ1n) is 7.58. The van der Waals surface area contributed by atoms with Gasteiger partial charge in [0.15, 0.2) is 0 Å². The molecule has 10 nitrogen and oxygen atoms in total. The number of rotatable bonds is 12. The van der Waals surface area contributed by atoms with E-state index in [4.69, 9.17) is 0 Å². The van der Waals surface area contributed by atoms with Gasteiger partial charge in [0, 0.05) is 13.1 Å². The molecular formula is C15H26N2O8. The van der Waals surface area contributed by atoms with Gasteiger partial charge in [-0.05, 0) is 6.42 Å². The molecule has 10 heteroatoms. The van der Waals surface area contributed by atoms with E-state index >= 15 is 0 Å². The van der Waals surface area contributed by atoms with Gasteiger partial charge in [-0.2, -0.15) is 0 Å². The van der Waals surface area contributed by atoms with Crippen LogP contribution >= 0.6 is 0 Å². The van der Waals surface area contributed by atoms with E-state index in [1.807, 2.05) is 0 Å². The molecule has 0 rings (SSSR count). The minimum Gasteiger partial charge on any atom is -0.468 e. The summed E-state index contributed by atoms with van der Waals surface area (Å²) in [5, 5.41) is 0. The Kier molecular flexibility index (Phi) is 12.0. The van der Waals surface area contributed by atoms with Gasteiger partial charge in [0.05, 0.1) is 54.6 Å². The molecule has 0 aromatic rings. The molecule has 0 saturated heterocycles. The third-order valence-corrected chi connectivity index (χ3v) is 3.27. The van der Waals surface area contributed by atoms with Crippen molar-refractivity contribution in [2.45, 2.75) is 6.42 Å². The molecule has 0 fully saturated rings. The second-order valence-corrected chi connectivity index (χ2v) is 5.08. The molecule has 0 unspecified atom stereocenters. The molecule has 0 atom stereocenters. The van der Waals surface area contributed by atoms with Crippen molar-refractivity contribution in [2.24, 2.45) is 0 Å². The number of hydrogen-bond donors (Lipinski definition) is 0. The van der Waals surface area contributed by atoms with Crippen molar-refractivity contribution >= 4 is 23.9 Å². The Morgan fingerprint density at radius 1 is 0.560 bits per heavy atom. The molecule has 0 aliphatic heterocycles. The van der Waals surface area contributed by atoms with Crippen LogP contribution in [0.4, 0.5) is 0 Å². The molecule has 0 N–H and O–H groups in total. The molecule has 144 valence electrons. The zero-order valence-electron chi connectivity index (χ0n) is 15.1. The summed E-state index contributed by atoms with van der Waals surface area (Å²) in [6.07, 6.45) is 0.488. The van der Waals surface area contributed by atoms with Crippen molar-refractivity contribution in [3.8, 4) is 0 Å². The number of methoxy groups -OCH3 is 4. The maximum atomic E-state index is 11.4. The summed E-state index contributed by atoms with van der Waals surface area (Å²) in [5.74, 6) is -1.93. The number of esters is 4. The van der Waals surface area contributed by atoms with E-state index in [0.29, 0.717) is 19.5 Å². The fourth-order valence-electron chi connectivity index (χ4n) is 1.93. The Balaban J connectivity index is 4.62. The van der Waals surface area contributed by atoms with Gasteiger partial charge >= 0.3 is 23.9 Å². The van der Waals surface area contributed by atoms with E-state index in [1.54, 1.807) is 9.80 Å². The van der Waals surface area contributed by atoms with Crippen LogP contribution in [0.3, 0.4) is 0 Å². The lowest BCUT2D eigenvalue weighted by molar-refractivity contribution is -0.146. The molecule has 0 bridgehead atoms. The van der Waals surface area contributed by atoms with Crippen LogP contribution < -0.4 is 0 Å². The van der Waals surface area contributed by atoms with Gasteiger partial charge in [0.1, 0.15) is 0 Å².